The van der Waals surface area contributed by atoms with Gasteiger partial charge in [-0.1, -0.05) is 18.2 Å². The summed E-state index contributed by atoms with van der Waals surface area (Å²) in [6.07, 6.45) is 0.515. The average molecular weight is 261 g/mol. The molecule has 0 aliphatic carbocycles. The molecule has 18 heavy (non-hydrogen) atoms. The van der Waals surface area contributed by atoms with Crippen LogP contribution in [0.15, 0.2) is 29.6 Å². The van der Waals surface area contributed by atoms with Crippen LogP contribution in [0.4, 0.5) is 0 Å². The maximum atomic E-state index is 12.3. The molecular formula is C14H15NO2S. The second kappa shape index (κ2) is 5.18. The summed E-state index contributed by atoms with van der Waals surface area (Å²) in [5, 5.41) is 6.36. The van der Waals surface area contributed by atoms with Gasteiger partial charge in [-0.25, -0.2) is 0 Å². The van der Waals surface area contributed by atoms with Gasteiger partial charge in [-0.2, -0.15) is 0 Å². The number of hydrogen-bond donors (Lipinski definition) is 1. The van der Waals surface area contributed by atoms with Crippen LogP contribution in [-0.4, -0.2) is 31.6 Å². The molecule has 3 nitrogen and oxygen atoms in total. The lowest BCUT2D eigenvalue weighted by molar-refractivity contribution is 0.0677. The molecule has 0 amide bonds. The molecule has 0 saturated carbocycles. The van der Waals surface area contributed by atoms with Gasteiger partial charge in [-0.3, -0.25) is 4.79 Å². The number of carbonyl (C=O) groups is 1. The summed E-state index contributed by atoms with van der Waals surface area (Å²) in [7, 11) is 0. The third-order valence-electron chi connectivity index (χ3n) is 3.21. The Morgan fingerprint density at radius 3 is 3.17 bits per heavy atom. The van der Waals surface area contributed by atoms with E-state index >= 15 is 0 Å². The van der Waals surface area contributed by atoms with Crippen molar-refractivity contribution in [3.05, 3.63) is 35.2 Å². The first-order chi connectivity index (χ1) is 8.84. The van der Waals surface area contributed by atoms with Crippen LogP contribution in [0.2, 0.25) is 0 Å². The predicted octanol–water partition coefficient (Wildman–Crippen LogP) is 2.46. The molecule has 0 bridgehead atoms. The lowest BCUT2D eigenvalue weighted by Crippen LogP contribution is -2.42. The zero-order valence-corrected chi connectivity index (χ0v) is 10.8. The summed E-state index contributed by atoms with van der Waals surface area (Å²) in [5.74, 6) is 0.204. The number of nitrogens with one attached hydrogen (secondary N) is 1. The number of ketones is 1. The highest BCUT2D eigenvalue weighted by atomic mass is 32.1. The van der Waals surface area contributed by atoms with Crippen molar-refractivity contribution >= 4 is 27.2 Å². The van der Waals surface area contributed by atoms with Gasteiger partial charge in [-0.05, 0) is 6.07 Å². The molecule has 0 radical (unpaired) electrons. The molecule has 1 fully saturated rings. The molecule has 1 aromatic heterocycles. The van der Waals surface area contributed by atoms with E-state index in [0.717, 1.165) is 24.1 Å². The van der Waals surface area contributed by atoms with Gasteiger partial charge in [0.1, 0.15) is 0 Å². The standard InChI is InChI=1S/C14H15NO2S/c16-13(7-10-8-17-6-5-15-10)12-9-18-14-4-2-1-3-11(12)14/h1-4,9-10,15H,5-8H2. The molecule has 2 aromatic rings. The molecule has 1 atom stereocenters. The topological polar surface area (TPSA) is 38.3 Å². The Hall–Kier alpha value is -1.23. The summed E-state index contributed by atoms with van der Waals surface area (Å²) < 4.78 is 6.55. The van der Waals surface area contributed by atoms with E-state index in [4.69, 9.17) is 4.74 Å². The Morgan fingerprint density at radius 1 is 1.44 bits per heavy atom. The molecule has 0 spiro atoms. The lowest BCUT2D eigenvalue weighted by Gasteiger charge is -2.22. The fourth-order valence-corrected chi connectivity index (χ4v) is 3.24. The second-order valence-electron chi connectivity index (χ2n) is 4.50. The van der Waals surface area contributed by atoms with Crippen LogP contribution < -0.4 is 5.32 Å². The van der Waals surface area contributed by atoms with Gasteiger partial charge in [0, 0.05) is 40.0 Å². The van der Waals surface area contributed by atoms with Crippen molar-refractivity contribution in [1.82, 2.24) is 5.32 Å². The molecule has 94 valence electrons. The Morgan fingerprint density at radius 2 is 2.33 bits per heavy atom. The van der Waals surface area contributed by atoms with E-state index in [1.807, 2.05) is 23.6 Å². The van der Waals surface area contributed by atoms with Crippen molar-refractivity contribution in [2.75, 3.05) is 19.8 Å². The van der Waals surface area contributed by atoms with Crippen molar-refractivity contribution in [2.24, 2.45) is 0 Å². The van der Waals surface area contributed by atoms with Crippen molar-refractivity contribution in [2.45, 2.75) is 12.5 Å². The van der Waals surface area contributed by atoms with E-state index in [-0.39, 0.29) is 11.8 Å². The highest BCUT2D eigenvalue weighted by Crippen LogP contribution is 2.26. The van der Waals surface area contributed by atoms with Gasteiger partial charge in [0.15, 0.2) is 5.78 Å². The number of rotatable bonds is 3. The van der Waals surface area contributed by atoms with Crippen LogP contribution in [-0.2, 0) is 4.74 Å². The quantitative estimate of drug-likeness (QED) is 0.863. The van der Waals surface area contributed by atoms with E-state index in [9.17, 15) is 4.79 Å². The molecule has 2 heterocycles. The summed E-state index contributed by atoms with van der Waals surface area (Å²) in [6.45, 7) is 2.21. The predicted molar refractivity (Wildman–Crippen MR) is 73.4 cm³/mol. The summed E-state index contributed by atoms with van der Waals surface area (Å²) in [4.78, 5) is 12.3. The first kappa shape index (κ1) is 11.8. The normalized spacial score (nSPS) is 20.1. The highest BCUT2D eigenvalue weighted by Gasteiger charge is 2.19. The molecule has 3 rings (SSSR count). The maximum Gasteiger partial charge on any atom is 0.165 e. The number of ether oxygens (including phenoxy) is 1. The Balaban J connectivity index is 1.79. The summed E-state index contributed by atoms with van der Waals surface area (Å²) in [6, 6.07) is 8.21. The van der Waals surface area contributed by atoms with E-state index in [1.54, 1.807) is 11.3 Å². The van der Waals surface area contributed by atoms with Gasteiger partial charge in [0.2, 0.25) is 0 Å². The van der Waals surface area contributed by atoms with E-state index in [1.165, 1.54) is 4.70 Å². The first-order valence-corrected chi connectivity index (χ1v) is 7.03. The monoisotopic (exact) mass is 261 g/mol. The SMILES string of the molecule is O=C(CC1COCCN1)c1csc2ccccc12. The Bertz CT molecular complexity index is 558. The van der Waals surface area contributed by atoms with E-state index in [2.05, 4.69) is 11.4 Å². The molecule has 1 N–H and O–H groups in total. The third-order valence-corrected chi connectivity index (χ3v) is 4.18. The number of thiophene rings is 1. The van der Waals surface area contributed by atoms with Crippen molar-refractivity contribution in [3.8, 4) is 0 Å². The Kier molecular flexibility index (Phi) is 3.41. The van der Waals surface area contributed by atoms with Gasteiger partial charge in [0.05, 0.1) is 13.2 Å². The number of fused-ring (bicyclic) bond motifs is 1. The molecule has 4 heteroatoms. The minimum absolute atomic E-state index is 0.157. The van der Waals surface area contributed by atoms with E-state index in [0.29, 0.717) is 13.0 Å². The number of carbonyl (C=O) groups excluding carboxylic acids is 1. The fourth-order valence-electron chi connectivity index (χ4n) is 2.28. The number of benzene rings is 1. The van der Waals surface area contributed by atoms with Gasteiger partial charge < -0.3 is 10.1 Å². The van der Waals surface area contributed by atoms with Crippen LogP contribution in [0.5, 0.6) is 0 Å². The van der Waals surface area contributed by atoms with Gasteiger partial charge in [-0.15, -0.1) is 11.3 Å². The molecule has 1 aliphatic rings. The zero-order chi connectivity index (χ0) is 12.4. The first-order valence-electron chi connectivity index (χ1n) is 6.15. The highest BCUT2D eigenvalue weighted by molar-refractivity contribution is 7.17. The number of morpholine rings is 1. The van der Waals surface area contributed by atoms with Gasteiger partial charge >= 0.3 is 0 Å². The third kappa shape index (κ3) is 2.32. The maximum absolute atomic E-state index is 12.3. The smallest absolute Gasteiger partial charge is 0.165 e. The van der Waals surface area contributed by atoms with Crippen LogP contribution in [0.3, 0.4) is 0 Å². The molecule has 1 aliphatic heterocycles. The minimum Gasteiger partial charge on any atom is -0.378 e. The zero-order valence-electron chi connectivity index (χ0n) is 10.0. The molecular weight excluding hydrogens is 246 g/mol. The van der Waals surface area contributed by atoms with Crippen LogP contribution >= 0.6 is 11.3 Å². The van der Waals surface area contributed by atoms with Crippen molar-refractivity contribution < 1.29 is 9.53 Å². The van der Waals surface area contributed by atoms with E-state index < -0.39 is 0 Å². The van der Waals surface area contributed by atoms with Crippen LogP contribution in [0.1, 0.15) is 16.8 Å². The second-order valence-corrected chi connectivity index (χ2v) is 5.41. The Labute approximate surface area is 110 Å². The van der Waals surface area contributed by atoms with Crippen LogP contribution in [0.25, 0.3) is 10.1 Å². The fraction of sp³-hybridized carbons (Fsp3) is 0.357. The summed E-state index contributed by atoms with van der Waals surface area (Å²) >= 11 is 1.63. The average Bonchev–Trinajstić information content (AvgIpc) is 2.84. The van der Waals surface area contributed by atoms with Crippen LogP contribution in [0, 0.1) is 0 Å². The summed E-state index contributed by atoms with van der Waals surface area (Å²) in [5.41, 5.74) is 0.850. The molecule has 1 unspecified atom stereocenters. The number of hydrogen-bond acceptors (Lipinski definition) is 4. The van der Waals surface area contributed by atoms with Crippen molar-refractivity contribution in [3.63, 3.8) is 0 Å². The minimum atomic E-state index is 0.157. The van der Waals surface area contributed by atoms with Crippen molar-refractivity contribution in [1.29, 1.82) is 0 Å². The molecule has 1 saturated heterocycles. The molecule has 1 aromatic carbocycles. The van der Waals surface area contributed by atoms with Gasteiger partial charge in [0.25, 0.3) is 0 Å². The lowest BCUT2D eigenvalue weighted by atomic mass is 10.0. The number of Topliss-reactive ketones (excluding diaryl/α,β-unsaturated/α-hetero) is 1. The largest absolute Gasteiger partial charge is 0.378 e.